The van der Waals surface area contributed by atoms with Crippen LogP contribution in [0.25, 0.3) is 10.8 Å². The minimum absolute atomic E-state index is 0.0764. The summed E-state index contributed by atoms with van der Waals surface area (Å²) in [7, 11) is 1.35. The number of carbonyl (C=O) groups excluding carboxylic acids is 1. The molecule has 0 aliphatic carbocycles. The molecular weight excluding hydrogens is 386 g/mol. The summed E-state index contributed by atoms with van der Waals surface area (Å²) < 4.78 is 6.38. The number of rotatable bonds is 4. The number of methoxy groups -OCH3 is 1. The monoisotopic (exact) mass is 407 g/mol. The maximum atomic E-state index is 12.5. The van der Waals surface area contributed by atoms with Crippen molar-refractivity contribution < 1.29 is 9.53 Å². The molecule has 0 saturated heterocycles. The molecule has 4 aromatic rings. The largest absolute Gasteiger partial charge is 0.465 e. The van der Waals surface area contributed by atoms with Gasteiger partial charge in [0, 0.05) is 24.2 Å². The van der Waals surface area contributed by atoms with Crippen LogP contribution in [0, 0.1) is 11.8 Å². The van der Waals surface area contributed by atoms with Gasteiger partial charge in [-0.2, -0.15) is 0 Å². The Morgan fingerprint density at radius 3 is 2.42 bits per heavy atom. The van der Waals surface area contributed by atoms with Crippen molar-refractivity contribution in [3.05, 3.63) is 118 Å². The maximum absolute atomic E-state index is 12.5. The van der Waals surface area contributed by atoms with Gasteiger partial charge in [-0.15, -0.1) is 0 Å². The van der Waals surface area contributed by atoms with Crippen molar-refractivity contribution in [1.29, 1.82) is 0 Å². The molecule has 1 aromatic heterocycles. The van der Waals surface area contributed by atoms with Crippen molar-refractivity contribution in [3.63, 3.8) is 0 Å². The van der Waals surface area contributed by atoms with E-state index in [1.165, 1.54) is 12.7 Å². The van der Waals surface area contributed by atoms with Crippen LogP contribution in [0.2, 0.25) is 0 Å². The van der Waals surface area contributed by atoms with Crippen molar-refractivity contribution in [3.8, 4) is 11.8 Å². The lowest BCUT2D eigenvalue weighted by Gasteiger charge is -2.08. The van der Waals surface area contributed by atoms with Crippen LogP contribution in [0.15, 0.2) is 89.9 Å². The molecule has 1 heterocycles. The first-order chi connectivity index (χ1) is 15.1. The molecule has 0 aliphatic heterocycles. The molecule has 4 rings (SSSR count). The van der Waals surface area contributed by atoms with Gasteiger partial charge >= 0.3 is 5.97 Å². The molecule has 4 heteroatoms. The predicted molar refractivity (Wildman–Crippen MR) is 122 cm³/mol. The topological polar surface area (TPSA) is 48.3 Å². The molecule has 0 aliphatic rings. The number of fused-ring (bicyclic) bond motifs is 1. The zero-order valence-electron chi connectivity index (χ0n) is 17.2. The summed E-state index contributed by atoms with van der Waals surface area (Å²) in [6.07, 6.45) is 2.55. The van der Waals surface area contributed by atoms with E-state index in [-0.39, 0.29) is 11.5 Å². The summed E-state index contributed by atoms with van der Waals surface area (Å²) in [5, 5.41) is 1.84. The molecule has 0 bridgehead atoms. The van der Waals surface area contributed by atoms with Crippen LogP contribution in [-0.4, -0.2) is 17.6 Å². The minimum atomic E-state index is -0.379. The van der Waals surface area contributed by atoms with E-state index in [1.807, 2.05) is 54.7 Å². The molecule has 4 nitrogen and oxygen atoms in total. The first-order valence-corrected chi connectivity index (χ1v) is 9.97. The Morgan fingerprint density at radius 1 is 0.903 bits per heavy atom. The molecule has 0 unspecified atom stereocenters. The lowest BCUT2D eigenvalue weighted by atomic mass is 10.1. The first kappa shape index (κ1) is 20.2. The summed E-state index contributed by atoms with van der Waals surface area (Å²) in [6.45, 7) is 0.417. The number of hydrogen-bond donors (Lipinski definition) is 0. The number of benzene rings is 3. The highest BCUT2D eigenvalue weighted by Gasteiger charge is 2.06. The quantitative estimate of drug-likeness (QED) is 0.371. The standard InChI is InChI=1S/C27H21NO3/c1-31-27(30)23-13-11-22(12-14-23)18-28-19-25-16-21(10-15-24(25)17-26(28)29)9-5-8-20-6-3-2-4-7-20/h2-4,6-7,10-17,19H,8,18H2,1H3. The van der Waals surface area contributed by atoms with E-state index >= 15 is 0 Å². The van der Waals surface area contributed by atoms with Gasteiger partial charge in [0.05, 0.1) is 19.2 Å². The summed E-state index contributed by atoms with van der Waals surface area (Å²) in [4.78, 5) is 24.1. The van der Waals surface area contributed by atoms with Gasteiger partial charge in [-0.1, -0.05) is 60.4 Å². The average Bonchev–Trinajstić information content (AvgIpc) is 2.80. The number of hydrogen-bond acceptors (Lipinski definition) is 3. The van der Waals surface area contributed by atoms with E-state index < -0.39 is 0 Å². The Kier molecular flexibility index (Phi) is 5.96. The van der Waals surface area contributed by atoms with Gasteiger partial charge in [-0.3, -0.25) is 4.79 Å². The molecule has 31 heavy (non-hydrogen) atoms. The third-order valence-corrected chi connectivity index (χ3v) is 5.04. The maximum Gasteiger partial charge on any atom is 0.337 e. The third kappa shape index (κ3) is 4.91. The van der Waals surface area contributed by atoms with Crippen molar-refractivity contribution in [1.82, 2.24) is 4.57 Å². The van der Waals surface area contributed by atoms with Crippen LogP contribution in [0.4, 0.5) is 0 Å². The molecule has 0 radical (unpaired) electrons. The molecule has 0 amide bonds. The summed E-state index contributed by atoms with van der Waals surface area (Å²) in [6, 6.07) is 24.7. The van der Waals surface area contributed by atoms with Crippen molar-refractivity contribution in [2.45, 2.75) is 13.0 Å². The van der Waals surface area contributed by atoms with E-state index in [4.69, 9.17) is 4.74 Å². The minimum Gasteiger partial charge on any atom is -0.465 e. The number of ether oxygens (including phenoxy) is 1. The number of nitrogens with zero attached hydrogens (tertiary/aromatic N) is 1. The van der Waals surface area contributed by atoms with Crippen molar-refractivity contribution in [2.75, 3.05) is 7.11 Å². The van der Waals surface area contributed by atoms with Crippen molar-refractivity contribution in [2.24, 2.45) is 0 Å². The fraction of sp³-hybridized carbons (Fsp3) is 0.111. The predicted octanol–water partition coefficient (Wildman–Crippen LogP) is 4.43. The molecule has 0 fully saturated rings. The van der Waals surface area contributed by atoms with Gasteiger partial charge in [0.2, 0.25) is 0 Å². The molecule has 3 aromatic carbocycles. The highest BCUT2D eigenvalue weighted by Crippen LogP contribution is 2.15. The fourth-order valence-corrected chi connectivity index (χ4v) is 3.37. The second-order valence-corrected chi connectivity index (χ2v) is 7.24. The van der Waals surface area contributed by atoms with Gasteiger partial charge in [0.1, 0.15) is 0 Å². The van der Waals surface area contributed by atoms with Crippen LogP contribution < -0.4 is 5.56 Å². The van der Waals surface area contributed by atoms with E-state index in [0.29, 0.717) is 18.5 Å². The highest BCUT2D eigenvalue weighted by atomic mass is 16.5. The van der Waals surface area contributed by atoms with Crippen LogP contribution in [0.1, 0.15) is 27.0 Å². The molecule has 0 atom stereocenters. The molecule has 152 valence electrons. The zero-order valence-corrected chi connectivity index (χ0v) is 17.2. The van der Waals surface area contributed by atoms with Crippen LogP contribution in [0.3, 0.4) is 0 Å². The Balaban J connectivity index is 1.57. The lowest BCUT2D eigenvalue weighted by molar-refractivity contribution is 0.0600. The second kappa shape index (κ2) is 9.15. The first-order valence-electron chi connectivity index (χ1n) is 9.97. The van der Waals surface area contributed by atoms with Crippen LogP contribution >= 0.6 is 0 Å². The van der Waals surface area contributed by atoms with Crippen LogP contribution in [0.5, 0.6) is 0 Å². The van der Waals surface area contributed by atoms with E-state index in [2.05, 4.69) is 24.0 Å². The van der Waals surface area contributed by atoms with Gasteiger partial charge in [-0.05, 0) is 46.2 Å². The van der Waals surface area contributed by atoms with E-state index in [9.17, 15) is 9.59 Å². The zero-order chi connectivity index (χ0) is 21.6. The lowest BCUT2D eigenvalue weighted by Crippen LogP contribution is -2.19. The second-order valence-electron chi connectivity index (χ2n) is 7.24. The SMILES string of the molecule is COC(=O)c1ccc(Cn2cc3cc(C#CCc4ccccc4)ccc3cc2=O)cc1. The van der Waals surface area contributed by atoms with Gasteiger partial charge < -0.3 is 9.30 Å². The Hall–Kier alpha value is -4.10. The normalized spacial score (nSPS) is 10.4. The number of aromatic nitrogens is 1. The van der Waals surface area contributed by atoms with E-state index in [1.54, 1.807) is 22.8 Å². The van der Waals surface area contributed by atoms with Crippen molar-refractivity contribution >= 4 is 16.7 Å². The molecule has 0 spiro atoms. The Morgan fingerprint density at radius 2 is 1.68 bits per heavy atom. The smallest absolute Gasteiger partial charge is 0.337 e. The van der Waals surface area contributed by atoms with Gasteiger partial charge in [-0.25, -0.2) is 4.79 Å². The number of esters is 1. The number of pyridine rings is 1. The third-order valence-electron chi connectivity index (χ3n) is 5.04. The Labute approximate surface area is 180 Å². The average molecular weight is 407 g/mol. The van der Waals surface area contributed by atoms with Gasteiger partial charge in [0.15, 0.2) is 0 Å². The molecular formula is C27H21NO3. The molecule has 0 saturated carbocycles. The van der Waals surface area contributed by atoms with Gasteiger partial charge in [0.25, 0.3) is 5.56 Å². The summed E-state index contributed by atoms with van der Waals surface area (Å²) in [5.41, 5.74) is 3.43. The summed E-state index contributed by atoms with van der Waals surface area (Å²) in [5.74, 6) is 6.04. The van der Waals surface area contributed by atoms with Crippen LogP contribution in [-0.2, 0) is 17.7 Å². The van der Waals surface area contributed by atoms with E-state index in [0.717, 1.165) is 21.9 Å². The fourth-order valence-electron chi connectivity index (χ4n) is 3.37. The summed E-state index contributed by atoms with van der Waals surface area (Å²) >= 11 is 0. The number of carbonyl (C=O) groups is 1. The highest BCUT2D eigenvalue weighted by molar-refractivity contribution is 5.89. The Bertz CT molecular complexity index is 1340. The molecule has 0 N–H and O–H groups in total.